The second-order valence-corrected chi connectivity index (χ2v) is 14.9. The lowest BCUT2D eigenvalue weighted by atomic mass is 9.48. The highest BCUT2D eigenvalue weighted by molar-refractivity contribution is 5.94. The van der Waals surface area contributed by atoms with Crippen LogP contribution in [0.3, 0.4) is 0 Å². The van der Waals surface area contributed by atoms with Crippen molar-refractivity contribution >= 4 is 22.8 Å². The Morgan fingerprint density at radius 3 is 1.37 bits per heavy atom. The van der Waals surface area contributed by atoms with E-state index in [0.717, 1.165) is 16.9 Å². The smallest absolute Gasteiger partial charge is 0.343 e. The SMILES string of the molecule is O=C(O)c1ccc(OC23CC4(Oc5ccccc5)CC(Oc5ccccc5)(C2)CC(Oc2ccc(C(=O)Oc5cccc6cccnc56)cc2)(C4)C3)cc1. The third-order valence-electron chi connectivity index (χ3n) is 10.7. The van der Waals surface area contributed by atoms with Crippen LogP contribution in [0.25, 0.3) is 10.9 Å². The van der Waals surface area contributed by atoms with Gasteiger partial charge in [0.25, 0.3) is 0 Å². The van der Waals surface area contributed by atoms with Crippen LogP contribution in [0.15, 0.2) is 146 Å². The standard InChI is InChI=1S/C45H37NO8/c47-40(48)32-16-20-36(21-17-32)53-44-26-42(51-34-11-3-1-4-12-34)25-43(27-44,52-35-13-5-2-6-14-35)29-45(28-42,30-44)54-37-22-18-33(19-23-37)41(49)50-38-15-7-9-31-10-8-24-46-39(31)38/h1-24H,25-30H2,(H,47,48). The molecular weight excluding hydrogens is 682 g/mol. The Hall–Kier alpha value is -6.35. The molecule has 270 valence electrons. The fourth-order valence-corrected chi connectivity index (χ4v) is 9.32. The number of benzene rings is 5. The molecule has 4 saturated carbocycles. The van der Waals surface area contributed by atoms with E-state index >= 15 is 0 Å². The molecule has 4 fully saturated rings. The molecule has 6 aromatic rings. The van der Waals surface area contributed by atoms with Gasteiger partial charge in [-0.1, -0.05) is 54.6 Å². The molecule has 10 rings (SSSR count). The Morgan fingerprint density at radius 1 is 0.481 bits per heavy atom. The predicted octanol–water partition coefficient (Wildman–Crippen LogP) is 9.10. The normalized spacial score (nSPS) is 25.1. The number of hydrogen-bond acceptors (Lipinski definition) is 8. The largest absolute Gasteiger partial charge is 0.487 e. The van der Waals surface area contributed by atoms with Crippen molar-refractivity contribution in [3.63, 3.8) is 0 Å². The van der Waals surface area contributed by atoms with E-state index < -0.39 is 34.3 Å². The van der Waals surface area contributed by atoms with Crippen molar-refractivity contribution in [1.29, 1.82) is 0 Å². The number of carboxylic acid groups (broad SMARTS) is 1. The summed E-state index contributed by atoms with van der Waals surface area (Å²) in [6.45, 7) is 0. The molecule has 0 amide bonds. The topological polar surface area (TPSA) is 113 Å². The molecular formula is C45H37NO8. The van der Waals surface area contributed by atoms with Gasteiger partial charge in [-0.15, -0.1) is 0 Å². The third kappa shape index (κ3) is 6.46. The maximum Gasteiger partial charge on any atom is 0.343 e. The maximum atomic E-state index is 13.3. The number of nitrogens with zero attached hydrogens (tertiary/aromatic N) is 1. The van der Waals surface area contributed by atoms with E-state index in [0.29, 0.717) is 66.9 Å². The number of carbonyl (C=O) groups excluding carboxylic acids is 1. The number of carbonyl (C=O) groups is 2. The number of pyridine rings is 1. The van der Waals surface area contributed by atoms with Crippen molar-refractivity contribution in [2.24, 2.45) is 0 Å². The highest BCUT2D eigenvalue weighted by Gasteiger charge is 2.73. The lowest BCUT2D eigenvalue weighted by molar-refractivity contribution is -0.270. The van der Waals surface area contributed by atoms with Gasteiger partial charge in [-0.3, -0.25) is 4.98 Å². The van der Waals surface area contributed by atoms with E-state index in [1.54, 1.807) is 60.8 Å². The molecule has 9 nitrogen and oxygen atoms in total. The first-order valence-electron chi connectivity index (χ1n) is 18.1. The molecule has 0 spiro atoms. The zero-order valence-corrected chi connectivity index (χ0v) is 29.4. The third-order valence-corrected chi connectivity index (χ3v) is 10.7. The number of fused-ring (bicyclic) bond motifs is 1. The summed E-state index contributed by atoms with van der Waals surface area (Å²) in [6, 6.07) is 42.4. The van der Waals surface area contributed by atoms with E-state index in [1.165, 1.54) is 0 Å². The fraction of sp³-hybridized carbons (Fsp3) is 0.222. The zero-order valence-electron chi connectivity index (χ0n) is 29.4. The minimum Gasteiger partial charge on any atom is -0.487 e. The van der Waals surface area contributed by atoms with E-state index in [-0.39, 0.29) is 5.56 Å². The number of esters is 1. The number of carboxylic acids is 1. The van der Waals surface area contributed by atoms with Crippen LogP contribution >= 0.6 is 0 Å². The fourth-order valence-electron chi connectivity index (χ4n) is 9.32. The molecule has 1 aromatic heterocycles. The Bertz CT molecular complexity index is 2270. The number of aromatic nitrogens is 1. The van der Waals surface area contributed by atoms with Crippen molar-refractivity contribution in [1.82, 2.24) is 4.98 Å². The molecule has 4 aliphatic rings. The van der Waals surface area contributed by atoms with Gasteiger partial charge in [0.15, 0.2) is 5.75 Å². The van der Waals surface area contributed by atoms with Crippen LogP contribution in [-0.2, 0) is 0 Å². The molecule has 1 heterocycles. The molecule has 5 aromatic carbocycles. The first-order valence-corrected chi connectivity index (χ1v) is 18.1. The maximum absolute atomic E-state index is 13.3. The second kappa shape index (κ2) is 12.9. The predicted molar refractivity (Wildman–Crippen MR) is 201 cm³/mol. The van der Waals surface area contributed by atoms with Gasteiger partial charge < -0.3 is 28.8 Å². The number of hydrogen-bond donors (Lipinski definition) is 1. The van der Waals surface area contributed by atoms with Gasteiger partial charge in [0.1, 0.15) is 50.9 Å². The van der Waals surface area contributed by atoms with Crippen molar-refractivity contribution in [2.75, 3.05) is 0 Å². The van der Waals surface area contributed by atoms with Crippen molar-refractivity contribution in [3.05, 3.63) is 157 Å². The number of para-hydroxylation sites is 3. The summed E-state index contributed by atoms with van der Waals surface area (Å²) >= 11 is 0. The quantitative estimate of drug-likeness (QED) is 0.103. The van der Waals surface area contributed by atoms with Crippen molar-refractivity contribution in [3.8, 4) is 28.7 Å². The molecule has 1 N–H and O–H groups in total. The molecule has 4 aliphatic carbocycles. The lowest BCUT2D eigenvalue weighted by Crippen LogP contribution is -2.77. The minimum absolute atomic E-state index is 0.182. The van der Waals surface area contributed by atoms with Crippen LogP contribution < -0.4 is 23.7 Å². The van der Waals surface area contributed by atoms with Gasteiger partial charge in [0.05, 0.1) is 11.1 Å². The van der Waals surface area contributed by atoms with E-state index in [1.807, 2.05) is 84.9 Å². The average molecular weight is 720 g/mol. The summed E-state index contributed by atoms with van der Waals surface area (Å²) in [6.07, 6.45) is 5.14. The van der Waals surface area contributed by atoms with Crippen LogP contribution in [0.1, 0.15) is 59.2 Å². The Labute approximate surface area is 312 Å². The first-order chi connectivity index (χ1) is 26.2. The molecule has 0 aliphatic heterocycles. The number of aromatic carboxylic acids is 1. The lowest BCUT2D eigenvalue weighted by Gasteiger charge is -2.67. The molecule has 9 heteroatoms. The Morgan fingerprint density at radius 2 is 0.907 bits per heavy atom. The molecule has 0 radical (unpaired) electrons. The number of rotatable bonds is 11. The monoisotopic (exact) mass is 719 g/mol. The van der Waals surface area contributed by atoms with Crippen LogP contribution in [-0.4, -0.2) is 44.4 Å². The Balaban J connectivity index is 1.06. The summed E-state index contributed by atoms with van der Waals surface area (Å²) in [7, 11) is 0. The van der Waals surface area contributed by atoms with E-state index in [9.17, 15) is 14.7 Å². The minimum atomic E-state index is -1.00. The van der Waals surface area contributed by atoms with Crippen molar-refractivity contribution < 1.29 is 38.4 Å². The molecule has 54 heavy (non-hydrogen) atoms. The second-order valence-electron chi connectivity index (χ2n) is 14.9. The molecule has 0 saturated heterocycles. The first kappa shape index (κ1) is 33.5. The van der Waals surface area contributed by atoms with E-state index in [2.05, 4.69) is 4.98 Å². The average Bonchev–Trinajstić information content (AvgIpc) is 3.15. The Kier molecular flexibility index (Phi) is 8.03. The molecule has 4 bridgehead atoms. The highest BCUT2D eigenvalue weighted by Crippen LogP contribution is 2.65. The number of ether oxygens (including phenoxy) is 5. The van der Waals surface area contributed by atoms with Gasteiger partial charge in [-0.05, 0) is 84.9 Å². The van der Waals surface area contributed by atoms with Crippen LogP contribution in [0.2, 0.25) is 0 Å². The summed E-state index contributed by atoms with van der Waals surface area (Å²) in [4.78, 5) is 29.4. The molecule has 2 atom stereocenters. The van der Waals surface area contributed by atoms with Crippen LogP contribution in [0.4, 0.5) is 0 Å². The molecule has 2 unspecified atom stereocenters. The summed E-state index contributed by atoms with van der Waals surface area (Å²) < 4.78 is 33.9. The summed E-state index contributed by atoms with van der Waals surface area (Å²) in [5.74, 6) is 1.53. The van der Waals surface area contributed by atoms with Gasteiger partial charge >= 0.3 is 11.9 Å². The van der Waals surface area contributed by atoms with E-state index in [4.69, 9.17) is 23.7 Å². The summed E-state index contributed by atoms with van der Waals surface area (Å²) in [5.41, 5.74) is -1.83. The van der Waals surface area contributed by atoms with Crippen LogP contribution in [0.5, 0.6) is 28.7 Å². The highest BCUT2D eigenvalue weighted by atomic mass is 16.6. The van der Waals surface area contributed by atoms with Gasteiger partial charge in [-0.25, -0.2) is 9.59 Å². The van der Waals surface area contributed by atoms with Gasteiger partial charge in [-0.2, -0.15) is 0 Å². The zero-order chi connectivity index (χ0) is 36.8. The van der Waals surface area contributed by atoms with Gasteiger partial charge in [0.2, 0.25) is 0 Å². The van der Waals surface area contributed by atoms with Crippen molar-refractivity contribution in [2.45, 2.75) is 60.9 Å². The van der Waals surface area contributed by atoms with Gasteiger partial charge in [0, 0.05) is 50.1 Å². The van der Waals surface area contributed by atoms with Crippen LogP contribution in [0, 0.1) is 0 Å². The summed E-state index contributed by atoms with van der Waals surface area (Å²) in [5, 5.41) is 10.4.